The van der Waals surface area contributed by atoms with Crippen molar-refractivity contribution >= 4 is 11.5 Å². The van der Waals surface area contributed by atoms with Gasteiger partial charge in [0.1, 0.15) is 0 Å². The van der Waals surface area contributed by atoms with Crippen LogP contribution in [-0.4, -0.2) is 15.3 Å². The van der Waals surface area contributed by atoms with E-state index in [0.717, 1.165) is 11.5 Å². The number of phenols is 1. The van der Waals surface area contributed by atoms with E-state index in [4.69, 9.17) is 0 Å². The maximum atomic E-state index is 13.6. The Morgan fingerprint density at radius 2 is 1.75 bits per heavy atom. The van der Waals surface area contributed by atoms with E-state index >= 15 is 0 Å². The molecule has 2 aromatic carbocycles. The average molecular weight is 492 g/mol. The molecule has 0 amide bonds. The number of benzene rings is 2. The summed E-state index contributed by atoms with van der Waals surface area (Å²) in [6.45, 7) is 0. The molecule has 3 aromatic rings. The van der Waals surface area contributed by atoms with Crippen LogP contribution in [0, 0.1) is 9.39 Å². The summed E-state index contributed by atoms with van der Waals surface area (Å²) >= 11 is -0.613. The SMILES string of the molecule is Oc1cc(N([I-]c2ccccc2)c2cc(C3CCCCCC3)[nH]n2)ccc1F. The molecule has 0 spiro atoms. The Morgan fingerprint density at radius 1 is 1.00 bits per heavy atom. The summed E-state index contributed by atoms with van der Waals surface area (Å²) in [4.78, 5) is 0. The normalized spacial score (nSPS) is 15.5. The van der Waals surface area contributed by atoms with Gasteiger partial charge < -0.3 is 0 Å². The molecular formula is C22H24FIN3O-. The van der Waals surface area contributed by atoms with Crippen LogP contribution in [0.1, 0.15) is 50.1 Å². The number of aromatic hydroxyl groups is 1. The zero-order valence-corrected chi connectivity index (χ0v) is 17.8. The van der Waals surface area contributed by atoms with Crippen LogP contribution in [0.15, 0.2) is 54.6 Å². The first-order valence-corrected chi connectivity index (χ1v) is 11.8. The number of rotatable bonds is 5. The van der Waals surface area contributed by atoms with E-state index < -0.39 is 27.3 Å². The minimum absolute atomic E-state index is 0.334. The molecular weight excluding hydrogens is 468 g/mol. The molecule has 28 heavy (non-hydrogen) atoms. The van der Waals surface area contributed by atoms with Gasteiger partial charge >= 0.3 is 176 Å². The molecule has 1 aliphatic rings. The molecule has 0 unspecified atom stereocenters. The number of aromatic nitrogens is 2. The third-order valence-corrected chi connectivity index (χ3v) is 7.96. The Balaban J connectivity index is 1.65. The average Bonchev–Trinajstić information content (AvgIpc) is 3.04. The summed E-state index contributed by atoms with van der Waals surface area (Å²) < 4.78 is 16.9. The monoisotopic (exact) mass is 492 g/mol. The number of nitrogens with one attached hydrogen (secondary N) is 1. The number of hydrogen-bond acceptors (Lipinski definition) is 3. The van der Waals surface area contributed by atoms with Crippen molar-refractivity contribution in [2.75, 3.05) is 3.11 Å². The van der Waals surface area contributed by atoms with Gasteiger partial charge in [-0.25, -0.2) is 0 Å². The summed E-state index contributed by atoms with van der Waals surface area (Å²) in [6, 6.07) is 16.9. The summed E-state index contributed by atoms with van der Waals surface area (Å²) in [5.41, 5.74) is 1.94. The van der Waals surface area contributed by atoms with Crippen molar-refractivity contribution < 1.29 is 31.0 Å². The first kappa shape index (κ1) is 19.2. The molecule has 148 valence electrons. The molecule has 4 nitrogen and oxygen atoms in total. The van der Waals surface area contributed by atoms with Crippen LogP contribution in [0.5, 0.6) is 5.75 Å². The molecule has 0 radical (unpaired) electrons. The Kier molecular flexibility index (Phi) is 6.14. The number of nitrogens with zero attached hydrogens (tertiary/aromatic N) is 2. The summed E-state index contributed by atoms with van der Waals surface area (Å²) in [7, 11) is 0. The summed E-state index contributed by atoms with van der Waals surface area (Å²) in [5, 5.41) is 17.7. The minimum atomic E-state index is -0.613. The second-order valence-corrected chi connectivity index (χ2v) is 9.86. The molecule has 0 atom stereocenters. The molecule has 6 heteroatoms. The number of anilines is 2. The van der Waals surface area contributed by atoms with Crippen molar-refractivity contribution in [1.29, 1.82) is 0 Å². The fraction of sp³-hybridized carbons (Fsp3) is 0.318. The van der Waals surface area contributed by atoms with Gasteiger partial charge in [0.15, 0.2) is 0 Å². The van der Waals surface area contributed by atoms with Crippen LogP contribution in [0.3, 0.4) is 0 Å². The van der Waals surface area contributed by atoms with E-state index in [9.17, 15) is 9.50 Å². The van der Waals surface area contributed by atoms with E-state index in [1.165, 1.54) is 59.9 Å². The standard InChI is InChI=1S/C22H24FIN3O/c23-19-13-12-18(14-21(19)28)27(24-17-10-6-3-7-11-17)22-15-20(25-26-22)16-8-4-1-2-5-9-16/h3,6-7,10-16,28H,1-2,4-5,8-9H2,(H,25,26)/q-1. The fourth-order valence-electron chi connectivity index (χ4n) is 3.64. The predicted molar refractivity (Wildman–Crippen MR) is 104 cm³/mol. The second-order valence-electron chi connectivity index (χ2n) is 7.17. The van der Waals surface area contributed by atoms with Gasteiger partial charge in [-0.15, -0.1) is 0 Å². The van der Waals surface area contributed by atoms with Gasteiger partial charge in [-0.2, -0.15) is 0 Å². The van der Waals surface area contributed by atoms with Crippen LogP contribution in [0.25, 0.3) is 0 Å². The Labute approximate surface area is 175 Å². The molecule has 2 N–H and O–H groups in total. The summed E-state index contributed by atoms with van der Waals surface area (Å²) in [6.07, 6.45) is 7.58. The molecule has 1 saturated carbocycles. The van der Waals surface area contributed by atoms with Crippen molar-refractivity contribution in [3.05, 3.63) is 69.7 Å². The van der Waals surface area contributed by atoms with E-state index in [1.54, 1.807) is 6.07 Å². The van der Waals surface area contributed by atoms with Gasteiger partial charge in [0.05, 0.1) is 0 Å². The quantitative estimate of drug-likeness (QED) is 0.327. The van der Waals surface area contributed by atoms with E-state index in [2.05, 4.69) is 31.5 Å². The Bertz CT molecular complexity index is 907. The molecule has 1 heterocycles. The molecule has 1 aliphatic carbocycles. The van der Waals surface area contributed by atoms with Gasteiger partial charge in [0.25, 0.3) is 0 Å². The zero-order chi connectivity index (χ0) is 19.3. The van der Waals surface area contributed by atoms with Crippen LogP contribution in [-0.2, 0) is 0 Å². The fourth-order valence-corrected chi connectivity index (χ4v) is 6.01. The van der Waals surface area contributed by atoms with Gasteiger partial charge in [-0.05, 0) is 0 Å². The van der Waals surface area contributed by atoms with E-state index in [-0.39, 0.29) is 5.75 Å². The Hall–Kier alpha value is -2.09. The number of hydrogen-bond donors (Lipinski definition) is 2. The van der Waals surface area contributed by atoms with Crippen molar-refractivity contribution in [2.45, 2.75) is 44.4 Å². The van der Waals surface area contributed by atoms with Crippen molar-refractivity contribution in [1.82, 2.24) is 10.2 Å². The Morgan fingerprint density at radius 3 is 2.46 bits per heavy atom. The van der Waals surface area contributed by atoms with Crippen molar-refractivity contribution in [2.24, 2.45) is 0 Å². The van der Waals surface area contributed by atoms with Crippen molar-refractivity contribution in [3.8, 4) is 5.75 Å². The number of aromatic amines is 1. The molecule has 1 aromatic heterocycles. The zero-order valence-electron chi connectivity index (χ0n) is 15.6. The third-order valence-electron chi connectivity index (χ3n) is 5.15. The topological polar surface area (TPSA) is 52.1 Å². The van der Waals surface area contributed by atoms with Gasteiger partial charge in [0.2, 0.25) is 0 Å². The molecule has 1 fully saturated rings. The number of phenolic OH excluding ortho intramolecular Hbond substituents is 1. The van der Waals surface area contributed by atoms with E-state index in [0.29, 0.717) is 5.92 Å². The third kappa shape index (κ3) is 4.48. The number of halogens is 2. The molecule has 4 rings (SSSR count). The van der Waals surface area contributed by atoms with Crippen molar-refractivity contribution in [3.63, 3.8) is 0 Å². The first-order chi connectivity index (χ1) is 13.7. The molecule has 0 saturated heterocycles. The van der Waals surface area contributed by atoms with Crippen LogP contribution in [0.4, 0.5) is 15.9 Å². The van der Waals surface area contributed by atoms with Gasteiger partial charge in [0, 0.05) is 0 Å². The van der Waals surface area contributed by atoms with Crippen LogP contribution in [0.2, 0.25) is 0 Å². The van der Waals surface area contributed by atoms with Crippen LogP contribution < -0.4 is 24.6 Å². The predicted octanol–water partition coefficient (Wildman–Crippen LogP) is 2.70. The maximum absolute atomic E-state index is 13.6. The summed E-state index contributed by atoms with van der Waals surface area (Å²) in [5.74, 6) is 0.422. The van der Waals surface area contributed by atoms with E-state index in [1.807, 2.05) is 18.2 Å². The van der Waals surface area contributed by atoms with Gasteiger partial charge in [-0.3, -0.25) is 0 Å². The second kappa shape index (κ2) is 8.94. The van der Waals surface area contributed by atoms with Gasteiger partial charge in [-0.1, -0.05) is 0 Å². The van der Waals surface area contributed by atoms with Crippen LogP contribution >= 0.6 is 0 Å². The molecule has 0 bridgehead atoms. The molecule has 0 aliphatic heterocycles. The number of H-pyrrole nitrogens is 1. The first-order valence-electron chi connectivity index (χ1n) is 9.75.